The molecule has 1 atom stereocenters. The van der Waals surface area contributed by atoms with Crippen LogP contribution in [0.25, 0.3) is 0 Å². The molecule has 2 amide bonds. The number of halogens is 3. The second-order valence-corrected chi connectivity index (χ2v) is 13.6. The molecule has 0 saturated heterocycles. The van der Waals surface area contributed by atoms with E-state index in [1.165, 1.54) is 29.2 Å². The van der Waals surface area contributed by atoms with Crippen molar-refractivity contribution < 1.29 is 18.0 Å². The van der Waals surface area contributed by atoms with E-state index >= 15 is 0 Å². The fourth-order valence-electron chi connectivity index (χ4n) is 5.19. The zero-order chi connectivity index (χ0) is 30.4. The number of benzene rings is 3. The Labute approximate surface area is 262 Å². The van der Waals surface area contributed by atoms with Crippen LogP contribution in [-0.4, -0.2) is 43.8 Å². The van der Waals surface area contributed by atoms with Crippen molar-refractivity contribution in [3.8, 4) is 0 Å². The molecule has 0 spiro atoms. The second kappa shape index (κ2) is 14.1. The summed E-state index contributed by atoms with van der Waals surface area (Å²) in [6.07, 6.45) is 4.14. The minimum absolute atomic E-state index is 0.0204. The summed E-state index contributed by atoms with van der Waals surface area (Å²) in [6.45, 7) is 3.03. The molecule has 1 saturated carbocycles. The van der Waals surface area contributed by atoms with Crippen LogP contribution in [0.15, 0.2) is 71.6 Å². The molecule has 3 aromatic carbocycles. The van der Waals surface area contributed by atoms with Crippen molar-refractivity contribution in [3.05, 3.63) is 92.9 Å². The van der Waals surface area contributed by atoms with Gasteiger partial charge in [0.15, 0.2) is 0 Å². The van der Waals surface area contributed by atoms with Gasteiger partial charge < -0.3 is 10.2 Å². The van der Waals surface area contributed by atoms with E-state index in [1.807, 2.05) is 19.9 Å². The smallest absolute Gasteiger partial charge is 0.264 e. The number of nitrogens with zero attached hydrogens (tertiary/aromatic N) is 2. The number of anilines is 1. The monoisotopic (exact) mass is 649 g/mol. The van der Waals surface area contributed by atoms with Crippen LogP contribution in [-0.2, 0) is 26.2 Å². The van der Waals surface area contributed by atoms with Gasteiger partial charge in [-0.1, -0.05) is 72.8 Å². The lowest BCUT2D eigenvalue weighted by molar-refractivity contribution is -0.140. The molecular weight excluding hydrogens is 617 g/mol. The van der Waals surface area contributed by atoms with E-state index < -0.39 is 28.5 Å². The molecule has 224 valence electrons. The van der Waals surface area contributed by atoms with E-state index in [0.717, 1.165) is 35.6 Å². The number of hydrogen-bond acceptors (Lipinski definition) is 4. The molecule has 0 bridgehead atoms. The lowest BCUT2D eigenvalue weighted by Gasteiger charge is -2.34. The van der Waals surface area contributed by atoms with Crippen LogP contribution in [0.3, 0.4) is 0 Å². The van der Waals surface area contributed by atoms with Gasteiger partial charge in [-0.15, -0.1) is 0 Å². The summed E-state index contributed by atoms with van der Waals surface area (Å²) in [4.78, 5) is 29.2. The molecule has 0 heterocycles. The summed E-state index contributed by atoms with van der Waals surface area (Å²) in [7, 11) is -4.20. The highest BCUT2D eigenvalue weighted by molar-refractivity contribution is 7.92. The number of sulfonamides is 1. The fraction of sp³-hybridized carbons (Fsp3) is 0.355. The Hall–Kier alpha value is -2.78. The number of aryl methyl sites for hydroxylation is 1. The maximum atomic E-state index is 14.2. The van der Waals surface area contributed by atoms with Gasteiger partial charge in [0.1, 0.15) is 12.6 Å². The van der Waals surface area contributed by atoms with Gasteiger partial charge >= 0.3 is 0 Å². The number of amides is 2. The van der Waals surface area contributed by atoms with Crippen LogP contribution >= 0.6 is 34.8 Å². The first-order valence-corrected chi connectivity index (χ1v) is 16.5. The molecule has 3 aromatic rings. The van der Waals surface area contributed by atoms with Crippen LogP contribution in [0.1, 0.15) is 50.2 Å². The van der Waals surface area contributed by atoms with E-state index in [-0.39, 0.29) is 23.4 Å². The summed E-state index contributed by atoms with van der Waals surface area (Å²) in [6, 6.07) is 16.8. The first-order chi connectivity index (χ1) is 20.0. The molecule has 0 aromatic heterocycles. The SMILES string of the molecule is CC[C@H](C(=O)NC1CCCC1)N(Cc1c(Cl)cccc1Cl)C(=O)CN(c1cccc(C)c1)S(=O)(=O)c1ccc(Cl)cc1. The number of rotatable bonds is 11. The Bertz CT molecular complexity index is 1510. The molecule has 1 aliphatic rings. The molecular formula is C31H34Cl3N3O4S. The summed E-state index contributed by atoms with van der Waals surface area (Å²) in [5.41, 5.74) is 1.61. The third kappa shape index (κ3) is 7.59. The van der Waals surface area contributed by atoms with Gasteiger partial charge in [0.05, 0.1) is 10.6 Å². The Morgan fingerprint density at radius 2 is 1.57 bits per heavy atom. The Kier molecular flexibility index (Phi) is 10.8. The van der Waals surface area contributed by atoms with Crippen LogP contribution in [0.2, 0.25) is 15.1 Å². The Morgan fingerprint density at radius 1 is 0.952 bits per heavy atom. The maximum absolute atomic E-state index is 14.2. The zero-order valence-electron chi connectivity index (χ0n) is 23.5. The van der Waals surface area contributed by atoms with Gasteiger partial charge in [-0.05, 0) is 80.3 Å². The maximum Gasteiger partial charge on any atom is 0.264 e. The number of hydrogen-bond donors (Lipinski definition) is 1. The van der Waals surface area contributed by atoms with E-state index in [2.05, 4.69) is 5.32 Å². The number of carbonyl (C=O) groups is 2. The topological polar surface area (TPSA) is 86.8 Å². The van der Waals surface area contributed by atoms with Crippen LogP contribution < -0.4 is 9.62 Å². The molecule has 7 nitrogen and oxygen atoms in total. The van der Waals surface area contributed by atoms with Gasteiger partial charge in [0, 0.05) is 33.2 Å². The lowest BCUT2D eigenvalue weighted by Crippen LogP contribution is -2.53. The summed E-state index contributed by atoms with van der Waals surface area (Å²) in [5, 5.41) is 4.16. The fourth-order valence-corrected chi connectivity index (χ4v) is 7.24. The van der Waals surface area contributed by atoms with Gasteiger partial charge in [-0.3, -0.25) is 13.9 Å². The van der Waals surface area contributed by atoms with Crippen molar-refractivity contribution in [1.29, 1.82) is 0 Å². The third-order valence-corrected chi connectivity index (χ3v) is 10.2. The van der Waals surface area contributed by atoms with Gasteiger partial charge in [0.25, 0.3) is 10.0 Å². The third-order valence-electron chi connectivity index (χ3n) is 7.45. The quantitative estimate of drug-likeness (QED) is 0.242. The van der Waals surface area contributed by atoms with Gasteiger partial charge in [-0.2, -0.15) is 0 Å². The standard InChI is InChI=1S/C31H34Cl3N3O4S/c1-3-29(31(39)35-23-9-4-5-10-23)36(19-26-27(33)12-7-13-28(26)34)30(38)20-37(24-11-6-8-21(2)18-24)42(40,41)25-16-14-22(32)15-17-25/h6-8,11-18,23,29H,3-5,9-10,19-20H2,1-2H3,(H,35,39)/t29-/m1/s1. The molecule has 1 fully saturated rings. The van der Waals surface area contributed by atoms with Crippen LogP contribution in [0, 0.1) is 6.92 Å². The summed E-state index contributed by atoms with van der Waals surface area (Å²) < 4.78 is 29.0. The van der Waals surface area contributed by atoms with Crippen molar-refractivity contribution in [1.82, 2.24) is 10.2 Å². The highest BCUT2D eigenvalue weighted by atomic mass is 35.5. The Balaban J connectivity index is 1.75. The Morgan fingerprint density at radius 3 is 2.17 bits per heavy atom. The molecule has 0 unspecified atom stereocenters. The minimum Gasteiger partial charge on any atom is -0.352 e. The number of nitrogens with one attached hydrogen (secondary N) is 1. The largest absolute Gasteiger partial charge is 0.352 e. The molecule has 4 rings (SSSR count). The molecule has 1 N–H and O–H groups in total. The highest BCUT2D eigenvalue weighted by Gasteiger charge is 2.35. The summed E-state index contributed by atoms with van der Waals surface area (Å²) in [5.74, 6) is -0.859. The van der Waals surface area contributed by atoms with Crippen molar-refractivity contribution in [2.45, 2.75) is 69.5 Å². The van der Waals surface area contributed by atoms with E-state index in [0.29, 0.717) is 32.7 Å². The first kappa shape index (κ1) is 32.1. The average molecular weight is 651 g/mol. The van der Waals surface area contributed by atoms with Crippen molar-refractivity contribution in [2.24, 2.45) is 0 Å². The molecule has 42 heavy (non-hydrogen) atoms. The summed E-state index contributed by atoms with van der Waals surface area (Å²) >= 11 is 19.0. The van der Waals surface area contributed by atoms with E-state index in [9.17, 15) is 18.0 Å². The molecule has 0 aliphatic heterocycles. The minimum atomic E-state index is -4.20. The average Bonchev–Trinajstić information content (AvgIpc) is 3.46. The second-order valence-electron chi connectivity index (χ2n) is 10.4. The van der Waals surface area contributed by atoms with Crippen molar-refractivity contribution >= 4 is 62.3 Å². The molecule has 11 heteroatoms. The van der Waals surface area contributed by atoms with Gasteiger partial charge in [-0.25, -0.2) is 8.42 Å². The molecule has 0 radical (unpaired) electrons. The normalized spacial score (nSPS) is 14.4. The van der Waals surface area contributed by atoms with E-state index in [1.54, 1.807) is 36.4 Å². The van der Waals surface area contributed by atoms with Crippen LogP contribution in [0.4, 0.5) is 5.69 Å². The number of carbonyl (C=O) groups excluding carboxylic acids is 2. The first-order valence-electron chi connectivity index (χ1n) is 13.9. The molecule has 1 aliphatic carbocycles. The van der Waals surface area contributed by atoms with Crippen LogP contribution in [0.5, 0.6) is 0 Å². The highest BCUT2D eigenvalue weighted by Crippen LogP contribution is 2.29. The van der Waals surface area contributed by atoms with E-state index in [4.69, 9.17) is 34.8 Å². The predicted octanol–water partition coefficient (Wildman–Crippen LogP) is 7.02. The van der Waals surface area contributed by atoms with Gasteiger partial charge in [0.2, 0.25) is 11.8 Å². The van der Waals surface area contributed by atoms with Crippen molar-refractivity contribution in [3.63, 3.8) is 0 Å². The predicted molar refractivity (Wildman–Crippen MR) is 169 cm³/mol. The lowest BCUT2D eigenvalue weighted by atomic mass is 10.1. The zero-order valence-corrected chi connectivity index (χ0v) is 26.6. The van der Waals surface area contributed by atoms with Crippen molar-refractivity contribution in [2.75, 3.05) is 10.8 Å².